The van der Waals surface area contributed by atoms with Gasteiger partial charge >= 0.3 is 5.97 Å². The first kappa shape index (κ1) is 22.7. The largest absolute Gasteiger partial charge is 0.468 e. The van der Waals surface area contributed by atoms with Gasteiger partial charge in [-0.25, -0.2) is 13.2 Å². The zero-order valence-electron chi connectivity index (χ0n) is 17.8. The molecule has 33 heavy (non-hydrogen) atoms. The molecule has 1 amide bonds. The van der Waals surface area contributed by atoms with Crippen LogP contribution in [-0.4, -0.2) is 38.8 Å². The Bertz CT molecular complexity index is 1410. The number of amides is 1. The molecule has 0 atom stereocenters. The molecule has 2 aromatic carbocycles. The van der Waals surface area contributed by atoms with Gasteiger partial charge in [0.05, 0.1) is 30.5 Å². The van der Waals surface area contributed by atoms with Crippen LogP contribution in [0.1, 0.15) is 25.8 Å². The number of nitrogens with zero attached hydrogens (tertiary/aromatic N) is 1. The van der Waals surface area contributed by atoms with E-state index in [1.165, 1.54) is 60.3 Å². The highest BCUT2D eigenvalue weighted by atomic mass is 32.2. The fourth-order valence-electron chi connectivity index (χ4n) is 3.26. The topological polar surface area (TPSA) is 106 Å². The number of anilines is 1. The van der Waals surface area contributed by atoms with E-state index in [9.17, 15) is 18.0 Å². The molecule has 8 nitrogen and oxygen atoms in total. The minimum Gasteiger partial charge on any atom is -0.468 e. The van der Waals surface area contributed by atoms with Gasteiger partial charge in [-0.1, -0.05) is 18.2 Å². The summed E-state index contributed by atoms with van der Waals surface area (Å²) >= 11 is 1.22. The molecule has 4 rings (SSSR count). The van der Waals surface area contributed by atoms with Crippen molar-refractivity contribution in [2.75, 3.05) is 19.5 Å². The van der Waals surface area contributed by atoms with Crippen LogP contribution in [0.2, 0.25) is 0 Å². The molecule has 0 fully saturated rings. The zero-order valence-corrected chi connectivity index (χ0v) is 19.4. The Hall–Kier alpha value is -3.47. The minimum absolute atomic E-state index is 0.0457. The van der Waals surface area contributed by atoms with Gasteiger partial charge in [0.15, 0.2) is 0 Å². The van der Waals surface area contributed by atoms with E-state index in [0.717, 1.165) is 10.1 Å². The molecule has 10 heteroatoms. The highest BCUT2D eigenvalue weighted by Crippen LogP contribution is 2.36. The maximum absolute atomic E-state index is 12.9. The molecule has 0 aliphatic rings. The Balaban J connectivity index is 1.57. The predicted molar refractivity (Wildman–Crippen MR) is 125 cm³/mol. The molecule has 0 bridgehead atoms. The van der Waals surface area contributed by atoms with Gasteiger partial charge in [-0.3, -0.25) is 4.79 Å². The average Bonchev–Trinajstić information content (AvgIpc) is 3.46. The number of nitrogens with one attached hydrogen (secondary N) is 1. The first-order valence-electron chi connectivity index (χ1n) is 9.81. The van der Waals surface area contributed by atoms with E-state index in [-0.39, 0.29) is 21.9 Å². The van der Waals surface area contributed by atoms with Crippen molar-refractivity contribution >= 4 is 49.0 Å². The van der Waals surface area contributed by atoms with Gasteiger partial charge in [0.1, 0.15) is 10.6 Å². The second-order valence-corrected chi connectivity index (χ2v) is 10.2. The van der Waals surface area contributed by atoms with E-state index in [4.69, 9.17) is 9.15 Å². The number of methoxy groups -OCH3 is 1. The summed E-state index contributed by atoms with van der Waals surface area (Å²) in [6.07, 6.45) is 1.48. The molecule has 0 saturated carbocycles. The molecule has 0 radical (unpaired) electrons. The van der Waals surface area contributed by atoms with Gasteiger partial charge in [0.25, 0.3) is 5.91 Å². The zero-order chi connectivity index (χ0) is 23.6. The summed E-state index contributed by atoms with van der Waals surface area (Å²) in [5, 5.41) is 3.49. The summed E-state index contributed by atoms with van der Waals surface area (Å²) in [5.74, 6) is -0.509. The second kappa shape index (κ2) is 9.18. The van der Waals surface area contributed by atoms with Crippen LogP contribution in [0.25, 0.3) is 10.1 Å². The van der Waals surface area contributed by atoms with Crippen molar-refractivity contribution in [1.29, 1.82) is 0 Å². The predicted octanol–water partition coefficient (Wildman–Crippen LogP) is 4.35. The number of thiophene rings is 1. The lowest BCUT2D eigenvalue weighted by atomic mass is 10.2. The minimum atomic E-state index is -3.78. The van der Waals surface area contributed by atoms with Crippen LogP contribution in [0.3, 0.4) is 0 Å². The third kappa shape index (κ3) is 4.54. The molecule has 0 unspecified atom stereocenters. The number of furan rings is 1. The average molecular weight is 485 g/mol. The first-order chi connectivity index (χ1) is 15.8. The normalized spacial score (nSPS) is 11.6. The van der Waals surface area contributed by atoms with E-state index in [1.54, 1.807) is 18.2 Å². The van der Waals surface area contributed by atoms with Crippen LogP contribution in [0.4, 0.5) is 5.69 Å². The van der Waals surface area contributed by atoms with Gasteiger partial charge in [0, 0.05) is 22.7 Å². The molecule has 0 aliphatic heterocycles. The number of carbonyl (C=O) groups is 2. The van der Waals surface area contributed by atoms with Crippen molar-refractivity contribution in [3.63, 3.8) is 0 Å². The van der Waals surface area contributed by atoms with Crippen molar-refractivity contribution in [3.05, 3.63) is 83.1 Å². The summed E-state index contributed by atoms with van der Waals surface area (Å²) in [6.45, 7) is 0.0824. The number of sulfonamides is 1. The van der Waals surface area contributed by atoms with Crippen LogP contribution in [-0.2, 0) is 21.3 Å². The maximum Gasteiger partial charge on any atom is 0.350 e. The van der Waals surface area contributed by atoms with Gasteiger partial charge in [0.2, 0.25) is 10.0 Å². The Kier molecular flexibility index (Phi) is 6.32. The molecular formula is C23H20N2O6S2. The van der Waals surface area contributed by atoms with Gasteiger partial charge < -0.3 is 14.5 Å². The third-order valence-electron chi connectivity index (χ3n) is 4.99. The molecule has 0 spiro atoms. The number of ether oxygens (including phenoxy) is 1. The van der Waals surface area contributed by atoms with Crippen LogP contribution >= 0.6 is 11.3 Å². The number of benzene rings is 2. The number of esters is 1. The Labute approximate surface area is 194 Å². The summed E-state index contributed by atoms with van der Waals surface area (Å²) in [4.78, 5) is 25.4. The van der Waals surface area contributed by atoms with E-state index in [2.05, 4.69) is 5.32 Å². The van der Waals surface area contributed by atoms with Crippen molar-refractivity contribution in [1.82, 2.24) is 4.31 Å². The highest BCUT2D eigenvalue weighted by molar-refractivity contribution is 7.89. The first-order valence-corrected chi connectivity index (χ1v) is 12.1. The highest BCUT2D eigenvalue weighted by Gasteiger charge is 2.24. The molecule has 1 N–H and O–H groups in total. The Morgan fingerprint density at radius 2 is 1.79 bits per heavy atom. The number of hydrogen-bond acceptors (Lipinski definition) is 7. The van der Waals surface area contributed by atoms with Gasteiger partial charge in [-0.05, 0) is 42.5 Å². The number of fused-ring (bicyclic) bond motifs is 1. The van der Waals surface area contributed by atoms with Gasteiger partial charge in [-0.15, -0.1) is 11.3 Å². The number of carbonyl (C=O) groups excluding carboxylic acids is 2. The fourth-order valence-corrected chi connectivity index (χ4v) is 5.47. The lowest BCUT2D eigenvalue weighted by molar-refractivity contribution is 0.0607. The van der Waals surface area contributed by atoms with E-state index in [0.29, 0.717) is 11.4 Å². The van der Waals surface area contributed by atoms with Crippen molar-refractivity contribution in [3.8, 4) is 0 Å². The van der Waals surface area contributed by atoms with E-state index in [1.807, 2.05) is 18.2 Å². The van der Waals surface area contributed by atoms with Crippen LogP contribution in [0.5, 0.6) is 0 Å². The second-order valence-electron chi connectivity index (χ2n) is 7.11. The monoisotopic (exact) mass is 484 g/mol. The molecule has 2 aromatic heterocycles. The van der Waals surface area contributed by atoms with Gasteiger partial charge in [-0.2, -0.15) is 4.31 Å². The molecular weight excluding hydrogens is 464 g/mol. The molecule has 0 saturated heterocycles. The molecule has 0 aliphatic carbocycles. The van der Waals surface area contributed by atoms with E-state index >= 15 is 0 Å². The van der Waals surface area contributed by atoms with Crippen molar-refractivity contribution in [2.24, 2.45) is 0 Å². The molecule has 4 aromatic rings. The quantitative estimate of drug-likeness (QED) is 0.391. The van der Waals surface area contributed by atoms with Crippen LogP contribution in [0.15, 0.2) is 76.2 Å². The standard InChI is InChI=1S/C23H20N2O6S2/c1-25(14-16-6-5-13-31-16)33(28,29)17-11-9-15(10-12-17)22(26)24-20-18-7-3-4-8-19(18)32-21(20)23(27)30-2/h3-13H,14H2,1-2H3,(H,24,26). The fraction of sp³-hybridized carbons (Fsp3) is 0.130. The SMILES string of the molecule is COC(=O)c1sc2ccccc2c1NC(=O)c1ccc(S(=O)(=O)N(C)Cc2ccco2)cc1. The van der Waals surface area contributed by atoms with Crippen LogP contribution < -0.4 is 5.32 Å². The summed E-state index contributed by atoms with van der Waals surface area (Å²) in [5.41, 5.74) is 0.607. The molecule has 2 heterocycles. The number of rotatable bonds is 7. The number of hydrogen-bond donors (Lipinski definition) is 1. The van der Waals surface area contributed by atoms with Crippen molar-refractivity contribution in [2.45, 2.75) is 11.4 Å². The summed E-state index contributed by atoms with van der Waals surface area (Å²) in [6, 6.07) is 16.3. The Morgan fingerprint density at radius 3 is 2.45 bits per heavy atom. The smallest absolute Gasteiger partial charge is 0.350 e. The lowest BCUT2D eigenvalue weighted by Crippen LogP contribution is -2.26. The Morgan fingerprint density at radius 1 is 1.06 bits per heavy atom. The summed E-state index contributed by atoms with van der Waals surface area (Å²) in [7, 11) is -1.04. The van der Waals surface area contributed by atoms with E-state index < -0.39 is 21.9 Å². The summed E-state index contributed by atoms with van der Waals surface area (Å²) < 4.78 is 37.7. The lowest BCUT2D eigenvalue weighted by Gasteiger charge is -2.16. The third-order valence-corrected chi connectivity index (χ3v) is 7.96. The maximum atomic E-state index is 12.9. The van der Waals surface area contributed by atoms with Crippen molar-refractivity contribution < 1.29 is 27.2 Å². The van der Waals surface area contributed by atoms with Crippen LogP contribution in [0, 0.1) is 0 Å². The molecule has 170 valence electrons.